The van der Waals surface area contributed by atoms with Crippen molar-refractivity contribution in [3.05, 3.63) is 120 Å². The van der Waals surface area contributed by atoms with Crippen LogP contribution in [-0.2, 0) is 0 Å². The van der Waals surface area contributed by atoms with E-state index in [2.05, 4.69) is 116 Å². The lowest BCUT2D eigenvalue weighted by Gasteiger charge is -2.24. The quantitative estimate of drug-likeness (QED) is 0.206. The monoisotopic (exact) mass is 572 g/mol. The molecule has 5 nitrogen and oxygen atoms in total. The first-order chi connectivity index (χ1) is 21.5. The molecule has 214 valence electrons. The number of benzene rings is 5. The third-order valence-corrected chi connectivity index (χ3v) is 8.65. The summed E-state index contributed by atoms with van der Waals surface area (Å²) in [5.41, 5.74) is 11.0. The van der Waals surface area contributed by atoms with Crippen LogP contribution < -0.4 is 0 Å². The standard InChI is InChI=1S/C39H32N4O/c1-23(2)31-21-26(25-13-6-5-7-14-25)22-32(24(3)4)36(31)43-38(40-35-29-16-8-10-19-33(29)41-42-39(35)43)30-18-12-17-28-27-15-9-11-20-34(27)44-37(28)30/h5-24H,1-4H3. The third-order valence-electron chi connectivity index (χ3n) is 8.65. The number of rotatable bonds is 5. The van der Waals surface area contributed by atoms with Gasteiger partial charge in [-0.3, -0.25) is 4.57 Å². The van der Waals surface area contributed by atoms with Crippen LogP contribution in [0.15, 0.2) is 114 Å². The zero-order valence-corrected chi connectivity index (χ0v) is 25.2. The highest BCUT2D eigenvalue weighted by atomic mass is 16.3. The van der Waals surface area contributed by atoms with E-state index in [1.165, 1.54) is 22.3 Å². The average molecular weight is 573 g/mol. The van der Waals surface area contributed by atoms with Crippen LogP contribution >= 0.6 is 0 Å². The largest absolute Gasteiger partial charge is 0.455 e. The fourth-order valence-electron chi connectivity index (χ4n) is 6.48. The molecule has 0 atom stereocenters. The summed E-state index contributed by atoms with van der Waals surface area (Å²) in [6.07, 6.45) is 0. The highest BCUT2D eigenvalue weighted by Gasteiger charge is 2.27. The molecule has 0 spiro atoms. The van der Waals surface area contributed by atoms with E-state index in [-0.39, 0.29) is 11.8 Å². The lowest BCUT2D eigenvalue weighted by atomic mass is 9.88. The lowest BCUT2D eigenvalue weighted by Crippen LogP contribution is -2.10. The summed E-state index contributed by atoms with van der Waals surface area (Å²) >= 11 is 0. The summed E-state index contributed by atoms with van der Waals surface area (Å²) in [6.45, 7) is 9.05. The Morgan fingerprint density at radius 1 is 0.614 bits per heavy atom. The molecule has 0 saturated carbocycles. The van der Waals surface area contributed by atoms with Crippen molar-refractivity contribution in [3.8, 4) is 28.2 Å². The van der Waals surface area contributed by atoms with Gasteiger partial charge in [-0.2, -0.15) is 0 Å². The molecule has 3 aromatic heterocycles. The second-order valence-corrected chi connectivity index (χ2v) is 12.1. The van der Waals surface area contributed by atoms with Gasteiger partial charge in [0.05, 0.1) is 16.8 Å². The molecule has 0 N–H and O–H groups in total. The molecule has 44 heavy (non-hydrogen) atoms. The molecule has 0 radical (unpaired) electrons. The van der Waals surface area contributed by atoms with Crippen molar-refractivity contribution in [1.29, 1.82) is 0 Å². The Kier molecular flexibility index (Phi) is 6.09. The second kappa shape index (κ2) is 10.2. The van der Waals surface area contributed by atoms with Crippen molar-refractivity contribution in [1.82, 2.24) is 19.7 Å². The fraction of sp³-hybridized carbons (Fsp3) is 0.154. The Balaban J connectivity index is 1.53. The Morgan fingerprint density at radius 3 is 2.02 bits per heavy atom. The molecule has 0 aliphatic carbocycles. The molecule has 0 aliphatic rings. The van der Waals surface area contributed by atoms with Crippen LogP contribution in [0.2, 0.25) is 0 Å². The van der Waals surface area contributed by atoms with Gasteiger partial charge in [0.2, 0.25) is 0 Å². The number of nitrogens with zero attached hydrogens (tertiary/aromatic N) is 4. The number of fused-ring (bicyclic) bond motifs is 6. The van der Waals surface area contributed by atoms with Crippen LogP contribution in [0, 0.1) is 0 Å². The second-order valence-electron chi connectivity index (χ2n) is 12.1. The van der Waals surface area contributed by atoms with Crippen LogP contribution in [0.3, 0.4) is 0 Å². The Hall–Kier alpha value is -5.29. The summed E-state index contributed by atoms with van der Waals surface area (Å²) in [7, 11) is 0. The van der Waals surface area contributed by atoms with Gasteiger partial charge in [0.25, 0.3) is 0 Å². The van der Waals surface area contributed by atoms with Gasteiger partial charge < -0.3 is 4.42 Å². The number of hydrogen-bond donors (Lipinski definition) is 0. The lowest BCUT2D eigenvalue weighted by molar-refractivity contribution is 0.669. The highest BCUT2D eigenvalue weighted by Crippen LogP contribution is 2.42. The molecule has 5 aromatic carbocycles. The Morgan fingerprint density at radius 2 is 1.27 bits per heavy atom. The maximum atomic E-state index is 6.56. The predicted octanol–water partition coefficient (Wildman–Crippen LogP) is 10.4. The number of furan rings is 1. The maximum absolute atomic E-state index is 6.56. The average Bonchev–Trinajstić information content (AvgIpc) is 3.63. The first kappa shape index (κ1) is 26.3. The van der Waals surface area contributed by atoms with E-state index in [0.29, 0.717) is 0 Å². The van der Waals surface area contributed by atoms with Crippen molar-refractivity contribution in [2.45, 2.75) is 39.5 Å². The van der Waals surface area contributed by atoms with Gasteiger partial charge >= 0.3 is 0 Å². The molecule has 0 unspecified atom stereocenters. The molecular weight excluding hydrogens is 540 g/mol. The smallest absolute Gasteiger partial charge is 0.188 e. The van der Waals surface area contributed by atoms with Gasteiger partial charge in [-0.05, 0) is 64.4 Å². The van der Waals surface area contributed by atoms with Gasteiger partial charge in [-0.1, -0.05) is 107 Å². The first-order valence-electron chi connectivity index (χ1n) is 15.3. The van der Waals surface area contributed by atoms with Crippen molar-refractivity contribution in [2.24, 2.45) is 0 Å². The summed E-state index contributed by atoms with van der Waals surface area (Å²) in [5, 5.41) is 12.7. The number of aromatic nitrogens is 4. The summed E-state index contributed by atoms with van der Waals surface area (Å²) < 4.78 is 8.80. The van der Waals surface area contributed by atoms with E-state index in [1.807, 2.05) is 30.3 Å². The van der Waals surface area contributed by atoms with E-state index >= 15 is 0 Å². The summed E-state index contributed by atoms with van der Waals surface area (Å²) in [5.74, 6) is 1.28. The zero-order chi connectivity index (χ0) is 29.9. The molecule has 0 bridgehead atoms. The minimum absolute atomic E-state index is 0.242. The van der Waals surface area contributed by atoms with Crippen LogP contribution in [0.25, 0.3) is 72.2 Å². The first-order valence-corrected chi connectivity index (χ1v) is 15.3. The number of imidazole rings is 1. The molecule has 3 heterocycles. The zero-order valence-electron chi connectivity index (χ0n) is 25.2. The van der Waals surface area contributed by atoms with E-state index in [0.717, 1.165) is 61.1 Å². The minimum atomic E-state index is 0.242. The number of para-hydroxylation sites is 2. The van der Waals surface area contributed by atoms with Crippen molar-refractivity contribution in [3.63, 3.8) is 0 Å². The SMILES string of the molecule is CC(C)c1cc(-c2ccccc2)cc(C(C)C)c1-n1c(-c2cccc3c2oc2ccccc23)nc2c3ccccc3nnc21. The van der Waals surface area contributed by atoms with Gasteiger partial charge in [-0.25, -0.2) is 4.98 Å². The van der Waals surface area contributed by atoms with Crippen LogP contribution in [0.1, 0.15) is 50.7 Å². The predicted molar refractivity (Wildman–Crippen MR) is 180 cm³/mol. The van der Waals surface area contributed by atoms with Gasteiger partial charge in [-0.15, -0.1) is 10.2 Å². The fourth-order valence-corrected chi connectivity index (χ4v) is 6.48. The number of hydrogen-bond acceptors (Lipinski definition) is 4. The normalized spacial score (nSPS) is 12.0. The third kappa shape index (κ3) is 4.04. The van der Waals surface area contributed by atoms with Crippen molar-refractivity contribution in [2.75, 3.05) is 0 Å². The van der Waals surface area contributed by atoms with Crippen LogP contribution in [-0.4, -0.2) is 19.7 Å². The molecule has 8 rings (SSSR count). The topological polar surface area (TPSA) is 56.7 Å². The molecule has 0 saturated heterocycles. The molecule has 0 fully saturated rings. The maximum Gasteiger partial charge on any atom is 0.188 e. The molecular formula is C39H32N4O. The van der Waals surface area contributed by atoms with E-state index in [9.17, 15) is 0 Å². The Bertz CT molecular complexity index is 2320. The molecule has 8 aromatic rings. The summed E-state index contributed by atoms with van der Waals surface area (Å²) in [4.78, 5) is 5.39. The Labute approximate surface area is 255 Å². The van der Waals surface area contributed by atoms with Crippen molar-refractivity contribution >= 4 is 44.0 Å². The van der Waals surface area contributed by atoms with E-state index in [1.54, 1.807) is 0 Å². The summed E-state index contributed by atoms with van der Waals surface area (Å²) in [6, 6.07) is 38.0. The van der Waals surface area contributed by atoms with Crippen molar-refractivity contribution < 1.29 is 4.42 Å². The minimum Gasteiger partial charge on any atom is -0.455 e. The van der Waals surface area contributed by atoms with Gasteiger partial charge in [0.1, 0.15) is 16.7 Å². The van der Waals surface area contributed by atoms with Gasteiger partial charge in [0.15, 0.2) is 11.5 Å². The van der Waals surface area contributed by atoms with Crippen LogP contribution in [0.4, 0.5) is 0 Å². The highest BCUT2D eigenvalue weighted by molar-refractivity contribution is 6.10. The molecule has 0 amide bonds. The van der Waals surface area contributed by atoms with Crippen LogP contribution in [0.5, 0.6) is 0 Å². The molecule has 5 heteroatoms. The van der Waals surface area contributed by atoms with E-state index < -0.39 is 0 Å². The van der Waals surface area contributed by atoms with Gasteiger partial charge in [0, 0.05) is 16.2 Å². The molecule has 0 aliphatic heterocycles. The van der Waals surface area contributed by atoms with E-state index in [4.69, 9.17) is 14.5 Å².